The Morgan fingerprint density at radius 3 is 2.70 bits per heavy atom. The summed E-state index contributed by atoms with van der Waals surface area (Å²) in [6, 6.07) is 5.46. The summed E-state index contributed by atoms with van der Waals surface area (Å²) in [6.45, 7) is 1.83. The van der Waals surface area contributed by atoms with Crippen molar-refractivity contribution in [1.82, 2.24) is 4.98 Å². The van der Waals surface area contributed by atoms with E-state index in [4.69, 9.17) is 4.74 Å². The Kier molecular flexibility index (Phi) is 4.67. The van der Waals surface area contributed by atoms with E-state index < -0.39 is 17.7 Å². The van der Waals surface area contributed by atoms with Gasteiger partial charge in [0.2, 0.25) is 5.82 Å². The lowest BCUT2D eigenvalue weighted by molar-refractivity contribution is 0.169. The van der Waals surface area contributed by atoms with Gasteiger partial charge in [0, 0.05) is 4.47 Å². The summed E-state index contributed by atoms with van der Waals surface area (Å²) in [5.41, 5.74) is 0.501. The van der Waals surface area contributed by atoms with Gasteiger partial charge in [-0.1, -0.05) is 22.9 Å². The van der Waals surface area contributed by atoms with Crippen LogP contribution in [-0.4, -0.2) is 10.1 Å². The summed E-state index contributed by atoms with van der Waals surface area (Å²) in [6.07, 6.45) is 1.25. The van der Waals surface area contributed by atoms with Crippen LogP contribution in [0.5, 0.6) is 11.5 Å². The highest BCUT2D eigenvalue weighted by Gasteiger charge is 2.13. The lowest BCUT2D eigenvalue weighted by atomic mass is 10.2. The molecule has 0 bridgehead atoms. The third-order valence-corrected chi connectivity index (χ3v) is 3.13. The molecule has 106 valence electrons. The molecule has 2 rings (SSSR count). The van der Waals surface area contributed by atoms with Gasteiger partial charge in [0.05, 0.1) is 18.0 Å². The number of rotatable bonds is 4. The van der Waals surface area contributed by atoms with Crippen molar-refractivity contribution in [2.24, 2.45) is 0 Å². The van der Waals surface area contributed by atoms with Crippen LogP contribution in [-0.2, 0) is 0 Å². The molecule has 1 aromatic heterocycles. The number of ether oxygens (including phenoxy) is 1. The Bertz CT molecular complexity index is 605. The lowest BCUT2D eigenvalue weighted by Gasteiger charge is -2.10. The molecule has 1 N–H and O–H groups in total. The first kappa shape index (κ1) is 14.9. The van der Waals surface area contributed by atoms with Crippen molar-refractivity contribution >= 4 is 15.9 Å². The first-order chi connectivity index (χ1) is 9.51. The van der Waals surface area contributed by atoms with Crippen molar-refractivity contribution in [1.29, 1.82) is 0 Å². The zero-order chi connectivity index (χ0) is 14.7. The number of hydrogen-bond acceptors (Lipinski definition) is 3. The Morgan fingerprint density at radius 2 is 2.10 bits per heavy atom. The predicted molar refractivity (Wildman–Crippen MR) is 73.6 cm³/mol. The Labute approximate surface area is 123 Å². The molecule has 3 nitrogen and oxygen atoms in total. The Hall–Kier alpha value is -1.53. The SMILES string of the molecule is CC[C@H](O)c1ccc(Oc2cc(Br)cc(F)c2F)cn1. The number of nitrogens with zero attached hydrogens (tertiary/aromatic N) is 1. The fourth-order valence-electron chi connectivity index (χ4n) is 1.59. The number of halogens is 3. The highest BCUT2D eigenvalue weighted by atomic mass is 79.9. The summed E-state index contributed by atoms with van der Waals surface area (Å²) in [7, 11) is 0. The van der Waals surface area contributed by atoms with Crippen LogP contribution in [0.1, 0.15) is 25.1 Å². The van der Waals surface area contributed by atoms with E-state index in [9.17, 15) is 13.9 Å². The topological polar surface area (TPSA) is 42.4 Å². The van der Waals surface area contributed by atoms with Crippen LogP contribution in [0.2, 0.25) is 0 Å². The second-order valence-electron chi connectivity index (χ2n) is 4.14. The quantitative estimate of drug-likeness (QED) is 0.838. The number of aromatic nitrogens is 1. The van der Waals surface area contributed by atoms with Crippen molar-refractivity contribution in [3.63, 3.8) is 0 Å². The van der Waals surface area contributed by atoms with Gasteiger partial charge < -0.3 is 9.84 Å². The Morgan fingerprint density at radius 1 is 1.35 bits per heavy atom. The maximum Gasteiger partial charge on any atom is 0.201 e. The molecule has 0 amide bonds. The van der Waals surface area contributed by atoms with Crippen LogP contribution in [0.15, 0.2) is 34.9 Å². The van der Waals surface area contributed by atoms with Crippen LogP contribution in [0, 0.1) is 11.6 Å². The minimum absolute atomic E-state index is 0.234. The number of benzene rings is 1. The molecule has 0 saturated carbocycles. The second-order valence-corrected chi connectivity index (χ2v) is 5.06. The minimum Gasteiger partial charge on any atom is -0.453 e. The molecular formula is C14H12BrF2NO2. The van der Waals surface area contributed by atoms with Crippen LogP contribution in [0.25, 0.3) is 0 Å². The average molecular weight is 344 g/mol. The van der Waals surface area contributed by atoms with Gasteiger partial charge in [-0.15, -0.1) is 0 Å². The van der Waals surface area contributed by atoms with Crippen molar-refractivity contribution in [3.8, 4) is 11.5 Å². The highest BCUT2D eigenvalue weighted by molar-refractivity contribution is 9.10. The molecular weight excluding hydrogens is 332 g/mol. The third-order valence-electron chi connectivity index (χ3n) is 2.67. The number of pyridine rings is 1. The largest absolute Gasteiger partial charge is 0.453 e. The molecule has 6 heteroatoms. The molecule has 0 saturated heterocycles. The maximum atomic E-state index is 13.5. The Balaban J connectivity index is 2.22. The fourth-order valence-corrected chi connectivity index (χ4v) is 2.00. The van der Waals surface area contributed by atoms with Crippen LogP contribution >= 0.6 is 15.9 Å². The summed E-state index contributed by atoms with van der Waals surface area (Å²) in [5.74, 6) is -2.04. The van der Waals surface area contributed by atoms with E-state index in [2.05, 4.69) is 20.9 Å². The molecule has 0 spiro atoms. The maximum absolute atomic E-state index is 13.5. The predicted octanol–water partition coefficient (Wildman–Crippen LogP) is 4.36. The van der Waals surface area contributed by atoms with Gasteiger partial charge in [-0.05, 0) is 30.7 Å². The van der Waals surface area contributed by atoms with Gasteiger partial charge in [0.15, 0.2) is 11.6 Å². The van der Waals surface area contributed by atoms with E-state index in [1.165, 1.54) is 12.3 Å². The van der Waals surface area contributed by atoms with Gasteiger partial charge in [0.25, 0.3) is 0 Å². The number of aliphatic hydroxyl groups excluding tert-OH is 1. The lowest BCUT2D eigenvalue weighted by Crippen LogP contribution is -1.99. The van der Waals surface area contributed by atoms with Gasteiger partial charge in [-0.25, -0.2) is 4.39 Å². The molecule has 0 aliphatic carbocycles. The van der Waals surface area contributed by atoms with Crippen molar-refractivity contribution in [2.45, 2.75) is 19.4 Å². The summed E-state index contributed by atoms with van der Waals surface area (Å²) >= 11 is 3.07. The third kappa shape index (κ3) is 3.32. The molecule has 1 atom stereocenters. The van der Waals surface area contributed by atoms with E-state index in [0.717, 1.165) is 6.07 Å². The average Bonchev–Trinajstić information content (AvgIpc) is 2.44. The van der Waals surface area contributed by atoms with Crippen LogP contribution in [0.3, 0.4) is 0 Å². The van der Waals surface area contributed by atoms with E-state index in [1.807, 2.05) is 6.92 Å². The molecule has 2 aromatic rings. The highest BCUT2D eigenvalue weighted by Crippen LogP contribution is 2.29. The van der Waals surface area contributed by atoms with Crippen molar-refractivity contribution < 1.29 is 18.6 Å². The molecule has 0 aliphatic rings. The smallest absolute Gasteiger partial charge is 0.201 e. The zero-order valence-corrected chi connectivity index (χ0v) is 12.2. The molecule has 1 heterocycles. The van der Waals surface area contributed by atoms with Gasteiger partial charge >= 0.3 is 0 Å². The zero-order valence-electron chi connectivity index (χ0n) is 10.6. The number of aliphatic hydroxyl groups is 1. The van der Waals surface area contributed by atoms with Crippen molar-refractivity contribution in [2.75, 3.05) is 0 Å². The van der Waals surface area contributed by atoms with Gasteiger partial charge in [0.1, 0.15) is 5.75 Å². The molecule has 1 aromatic carbocycles. The van der Waals surface area contributed by atoms with Crippen molar-refractivity contribution in [3.05, 3.63) is 52.3 Å². The van der Waals surface area contributed by atoms with E-state index in [-0.39, 0.29) is 11.5 Å². The van der Waals surface area contributed by atoms with Crippen LogP contribution in [0.4, 0.5) is 8.78 Å². The second kappa shape index (κ2) is 6.28. The van der Waals surface area contributed by atoms with Crippen LogP contribution < -0.4 is 4.74 Å². The summed E-state index contributed by atoms with van der Waals surface area (Å²) in [5, 5.41) is 9.61. The molecule has 0 fully saturated rings. The number of hydrogen-bond donors (Lipinski definition) is 1. The first-order valence-corrected chi connectivity index (χ1v) is 6.77. The minimum atomic E-state index is -1.06. The van der Waals surface area contributed by atoms with E-state index in [1.54, 1.807) is 12.1 Å². The standard InChI is InChI=1S/C14H12BrF2NO2/c1-2-12(19)11-4-3-9(7-18-11)20-13-6-8(15)5-10(16)14(13)17/h3-7,12,19H,2H2,1H3/t12-/m0/s1. The van der Waals surface area contributed by atoms with E-state index >= 15 is 0 Å². The van der Waals surface area contributed by atoms with E-state index in [0.29, 0.717) is 16.6 Å². The molecule has 20 heavy (non-hydrogen) atoms. The summed E-state index contributed by atoms with van der Waals surface area (Å²) < 4.78 is 32.4. The summed E-state index contributed by atoms with van der Waals surface area (Å²) in [4.78, 5) is 4.02. The molecule has 0 unspecified atom stereocenters. The van der Waals surface area contributed by atoms with Gasteiger partial charge in [-0.3, -0.25) is 4.98 Å². The monoisotopic (exact) mass is 343 g/mol. The first-order valence-electron chi connectivity index (χ1n) is 5.97. The normalized spacial score (nSPS) is 12.2. The fraction of sp³-hybridized carbons (Fsp3) is 0.214. The van der Waals surface area contributed by atoms with Gasteiger partial charge in [-0.2, -0.15) is 4.39 Å². The molecule has 0 aliphatic heterocycles. The molecule has 0 radical (unpaired) electrons.